The molecule has 0 bridgehead atoms. The minimum Gasteiger partial charge on any atom is -0.481 e. The molecule has 4 rings (SSSR count). The van der Waals surface area contributed by atoms with E-state index in [0.717, 1.165) is 5.56 Å². The molecule has 2 aliphatic heterocycles. The van der Waals surface area contributed by atoms with Gasteiger partial charge in [-0.05, 0) is 66.7 Å². The van der Waals surface area contributed by atoms with Crippen LogP contribution in [0.2, 0.25) is 5.02 Å². The monoisotopic (exact) mass is 502 g/mol. The fourth-order valence-electron chi connectivity index (χ4n) is 4.08. The Kier molecular flexibility index (Phi) is 6.27. The molecule has 2 aliphatic rings. The number of methoxy groups -OCH3 is 1. The van der Waals surface area contributed by atoms with E-state index in [0.29, 0.717) is 27.8 Å². The van der Waals surface area contributed by atoms with E-state index < -0.39 is 35.7 Å². The van der Waals surface area contributed by atoms with Crippen molar-refractivity contribution in [1.29, 1.82) is 0 Å². The van der Waals surface area contributed by atoms with E-state index in [2.05, 4.69) is 10.3 Å². The number of nitrogens with one attached hydrogen (secondary N) is 1. The molecule has 1 aromatic heterocycles. The molecule has 1 N–H and O–H groups in total. The number of carbonyl (C=O) groups is 1. The van der Waals surface area contributed by atoms with Gasteiger partial charge in [-0.15, -0.1) is 0 Å². The molecule has 35 heavy (non-hydrogen) atoms. The first-order chi connectivity index (χ1) is 16.2. The fourth-order valence-corrected chi connectivity index (χ4v) is 4.35. The summed E-state index contributed by atoms with van der Waals surface area (Å²) in [7, 11) is 0.821. The molecule has 1 unspecified atom stereocenters. The van der Waals surface area contributed by atoms with Gasteiger partial charge >= 0.3 is 13.2 Å². The molecule has 1 saturated heterocycles. The number of carbonyl (C=O) groups excluding carboxylic acids is 1. The maximum Gasteiger partial charge on any atom is 0.496 e. The molecule has 0 aliphatic carbocycles. The molecule has 1 amide bonds. The first-order valence-electron chi connectivity index (χ1n) is 11.5. The number of halogens is 1. The van der Waals surface area contributed by atoms with Crippen LogP contribution < -0.4 is 20.3 Å². The quantitative estimate of drug-likeness (QED) is 0.622. The Balaban J connectivity index is 1.78. The molecule has 10 heteroatoms. The SMILES string of the molecule is COc1cccc(C2(NC(=O)OC(C)(C)C)Cc3c(ccc(Cl)c3B3OC(C)(C)C(C)(C)O3)O2)n1. The Morgan fingerprint density at radius 3 is 2.37 bits per heavy atom. The summed E-state index contributed by atoms with van der Waals surface area (Å²) in [5.41, 5.74) is -1.28. The molecule has 188 valence electrons. The molecule has 1 aromatic carbocycles. The summed E-state index contributed by atoms with van der Waals surface area (Å²) >= 11 is 6.69. The van der Waals surface area contributed by atoms with Gasteiger partial charge in [0.05, 0.1) is 18.3 Å². The third kappa shape index (κ3) is 4.81. The first-order valence-corrected chi connectivity index (χ1v) is 11.9. The standard InChI is InChI=1S/C25H32BClN2O6/c1-22(2,3)33-21(30)29-25(18-10-9-11-19(28-18)31-8)14-15-17(32-25)13-12-16(27)20(15)26-34-23(4,5)24(6,7)35-26/h9-13H,14H2,1-8H3,(H,29,30). The molecule has 8 nitrogen and oxygen atoms in total. The van der Waals surface area contributed by atoms with Gasteiger partial charge in [0.15, 0.2) is 0 Å². The number of nitrogens with zero attached hydrogens (tertiary/aromatic N) is 1. The molecule has 0 spiro atoms. The van der Waals surface area contributed by atoms with Crippen molar-refractivity contribution < 1.29 is 28.3 Å². The fraction of sp³-hybridized carbons (Fsp3) is 0.520. The highest BCUT2D eigenvalue weighted by Gasteiger charge is 2.55. The van der Waals surface area contributed by atoms with Crippen LogP contribution in [-0.4, -0.2) is 42.1 Å². The number of hydrogen-bond acceptors (Lipinski definition) is 7. The Bertz CT molecular complexity index is 1130. The number of alkyl carbamates (subject to hydrolysis) is 1. The van der Waals surface area contributed by atoms with Crippen molar-refractivity contribution >= 4 is 30.3 Å². The maximum atomic E-state index is 12.9. The smallest absolute Gasteiger partial charge is 0.481 e. The van der Waals surface area contributed by atoms with Gasteiger partial charge in [0.1, 0.15) is 17.0 Å². The van der Waals surface area contributed by atoms with Crippen LogP contribution in [0.5, 0.6) is 11.6 Å². The zero-order valence-corrected chi connectivity index (χ0v) is 22.2. The van der Waals surface area contributed by atoms with Crippen LogP contribution in [0.1, 0.15) is 59.7 Å². The summed E-state index contributed by atoms with van der Waals surface area (Å²) < 4.78 is 29.9. The van der Waals surface area contributed by atoms with Crippen molar-refractivity contribution in [3.63, 3.8) is 0 Å². The van der Waals surface area contributed by atoms with Gasteiger partial charge in [0, 0.05) is 28.5 Å². The Morgan fingerprint density at radius 1 is 1.11 bits per heavy atom. The number of benzene rings is 1. The molecule has 3 heterocycles. The molecular weight excluding hydrogens is 471 g/mol. The van der Waals surface area contributed by atoms with Crippen LogP contribution in [0.15, 0.2) is 30.3 Å². The number of pyridine rings is 1. The van der Waals surface area contributed by atoms with Gasteiger partial charge in [-0.3, -0.25) is 5.32 Å². The topological polar surface area (TPSA) is 88.1 Å². The number of ether oxygens (including phenoxy) is 3. The molecule has 2 aromatic rings. The third-order valence-electron chi connectivity index (χ3n) is 6.51. The number of fused-ring (bicyclic) bond motifs is 1. The largest absolute Gasteiger partial charge is 0.496 e. The van der Waals surface area contributed by atoms with E-state index in [9.17, 15) is 4.79 Å². The maximum absolute atomic E-state index is 12.9. The first kappa shape index (κ1) is 25.6. The van der Waals surface area contributed by atoms with Gasteiger partial charge in [-0.25, -0.2) is 9.78 Å². The van der Waals surface area contributed by atoms with E-state index >= 15 is 0 Å². The second kappa shape index (κ2) is 8.57. The van der Waals surface area contributed by atoms with Crippen molar-refractivity contribution in [2.45, 2.75) is 77.4 Å². The van der Waals surface area contributed by atoms with Crippen LogP contribution in [-0.2, 0) is 26.2 Å². The Labute approximate surface area is 211 Å². The third-order valence-corrected chi connectivity index (χ3v) is 6.84. The van der Waals surface area contributed by atoms with Gasteiger partial charge in [0.2, 0.25) is 11.6 Å². The average molecular weight is 503 g/mol. The summed E-state index contributed by atoms with van der Waals surface area (Å²) in [6.07, 6.45) is -0.417. The van der Waals surface area contributed by atoms with Crippen molar-refractivity contribution in [1.82, 2.24) is 10.3 Å². The molecular formula is C25H32BClN2O6. The van der Waals surface area contributed by atoms with Crippen molar-refractivity contribution in [3.8, 4) is 11.6 Å². The molecule has 1 fully saturated rings. The van der Waals surface area contributed by atoms with Gasteiger partial charge in [0.25, 0.3) is 0 Å². The van der Waals surface area contributed by atoms with Crippen LogP contribution in [0.4, 0.5) is 4.79 Å². The van der Waals surface area contributed by atoms with E-state index in [-0.39, 0.29) is 6.42 Å². The van der Waals surface area contributed by atoms with Gasteiger partial charge in [-0.1, -0.05) is 17.7 Å². The van der Waals surface area contributed by atoms with Crippen LogP contribution in [0.25, 0.3) is 0 Å². The van der Waals surface area contributed by atoms with Crippen LogP contribution in [0, 0.1) is 0 Å². The van der Waals surface area contributed by atoms with Crippen molar-refractivity contribution in [3.05, 3.63) is 46.6 Å². The number of amides is 1. The number of rotatable bonds is 4. The summed E-state index contributed by atoms with van der Waals surface area (Å²) in [5.74, 6) is 0.927. The lowest BCUT2D eigenvalue weighted by atomic mass is 9.74. The number of hydrogen-bond donors (Lipinski definition) is 1. The summed E-state index contributed by atoms with van der Waals surface area (Å²) in [5, 5.41) is 3.39. The highest BCUT2D eigenvalue weighted by atomic mass is 35.5. The van der Waals surface area contributed by atoms with E-state index in [1.165, 1.54) is 7.11 Å². The summed E-state index contributed by atoms with van der Waals surface area (Å²) in [6.45, 7) is 13.3. The Hall–Kier alpha value is -2.49. The predicted octanol–water partition coefficient (Wildman–Crippen LogP) is 4.36. The minimum atomic E-state index is -1.36. The molecule has 0 saturated carbocycles. The highest BCUT2D eigenvalue weighted by molar-refractivity contribution is 6.66. The van der Waals surface area contributed by atoms with E-state index in [4.69, 9.17) is 35.1 Å². The molecule has 1 atom stereocenters. The van der Waals surface area contributed by atoms with E-state index in [1.54, 1.807) is 51.1 Å². The lowest BCUT2D eigenvalue weighted by molar-refractivity contribution is 0.00578. The second-order valence-corrected chi connectivity index (χ2v) is 11.2. The number of aromatic nitrogens is 1. The predicted molar refractivity (Wildman–Crippen MR) is 133 cm³/mol. The van der Waals surface area contributed by atoms with Crippen molar-refractivity contribution in [2.24, 2.45) is 0 Å². The zero-order chi connectivity index (χ0) is 25.8. The lowest BCUT2D eigenvalue weighted by Gasteiger charge is -2.32. The normalized spacial score (nSPS) is 22.4. The average Bonchev–Trinajstić information content (AvgIpc) is 3.20. The summed E-state index contributed by atoms with van der Waals surface area (Å²) in [6, 6.07) is 8.78. The van der Waals surface area contributed by atoms with Gasteiger partial charge < -0.3 is 23.5 Å². The van der Waals surface area contributed by atoms with Crippen LogP contribution in [0.3, 0.4) is 0 Å². The molecule has 0 radical (unpaired) electrons. The lowest BCUT2D eigenvalue weighted by Crippen LogP contribution is -2.52. The minimum absolute atomic E-state index is 0.224. The van der Waals surface area contributed by atoms with Gasteiger partial charge in [-0.2, -0.15) is 0 Å². The Morgan fingerprint density at radius 2 is 1.77 bits per heavy atom. The van der Waals surface area contributed by atoms with E-state index in [1.807, 2.05) is 27.7 Å². The zero-order valence-electron chi connectivity index (χ0n) is 21.4. The van der Waals surface area contributed by atoms with Crippen LogP contribution >= 0.6 is 11.6 Å². The van der Waals surface area contributed by atoms with Crippen molar-refractivity contribution in [2.75, 3.05) is 7.11 Å². The second-order valence-electron chi connectivity index (χ2n) is 10.8. The highest BCUT2D eigenvalue weighted by Crippen LogP contribution is 2.43. The summed E-state index contributed by atoms with van der Waals surface area (Å²) in [4.78, 5) is 17.5.